The van der Waals surface area contributed by atoms with Crippen LogP contribution in [0.4, 0.5) is 0 Å². The van der Waals surface area contributed by atoms with E-state index in [4.69, 9.17) is 0 Å². The molecule has 2 nitrogen and oxygen atoms in total. The van der Waals surface area contributed by atoms with Crippen LogP contribution in [-0.2, 0) is 6.42 Å². The lowest BCUT2D eigenvalue weighted by molar-refractivity contribution is 0.0987. The number of aliphatic hydroxyl groups is 1. The largest absolute Gasteiger partial charge is 0.388 e. The molecule has 1 unspecified atom stereocenters. The topological polar surface area (TPSA) is 25.2 Å². The molecule has 1 atom stereocenters. The maximum atomic E-state index is 10.4. The van der Waals surface area contributed by atoms with E-state index >= 15 is 0 Å². The van der Waals surface area contributed by atoms with Gasteiger partial charge >= 0.3 is 0 Å². The number of hydrogen-bond acceptors (Lipinski definition) is 1. The Morgan fingerprint density at radius 1 is 1.30 bits per heavy atom. The van der Waals surface area contributed by atoms with Crippen molar-refractivity contribution in [3.05, 3.63) is 50.9 Å². The van der Waals surface area contributed by atoms with Crippen LogP contribution in [0.2, 0.25) is 0 Å². The molecule has 0 radical (unpaired) electrons. The quantitative estimate of drug-likeness (QED) is 0.728. The predicted octanol–water partition coefficient (Wildman–Crippen LogP) is 4.40. The van der Waals surface area contributed by atoms with Gasteiger partial charge in [-0.15, -0.1) is 0 Å². The maximum Gasteiger partial charge on any atom is 0.0812 e. The van der Waals surface area contributed by atoms with E-state index in [0.29, 0.717) is 0 Å². The molecular formula is C17H20INO. The van der Waals surface area contributed by atoms with Crippen molar-refractivity contribution < 1.29 is 5.11 Å². The lowest BCUT2D eigenvalue weighted by atomic mass is 9.75. The Morgan fingerprint density at radius 3 is 2.75 bits per heavy atom. The molecule has 20 heavy (non-hydrogen) atoms. The molecule has 0 fully saturated rings. The van der Waals surface area contributed by atoms with Crippen molar-refractivity contribution in [2.75, 3.05) is 0 Å². The molecule has 1 aromatic carbocycles. The zero-order valence-corrected chi connectivity index (χ0v) is 14.3. The first kappa shape index (κ1) is 14.1. The Bertz CT molecular complexity index is 657. The summed E-state index contributed by atoms with van der Waals surface area (Å²) in [6, 6.07) is 10.7. The summed E-state index contributed by atoms with van der Waals surface area (Å²) in [6.45, 7) is 6.60. The molecule has 0 amide bonds. The van der Waals surface area contributed by atoms with Gasteiger partial charge in [-0.3, -0.25) is 0 Å². The lowest BCUT2D eigenvalue weighted by Crippen LogP contribution is -2.26. The number of nitrogens with zero attached hydrogens (tertiary/aromatic N) is 1. The monoisotopic (exact) mass is 381 g/mol. The smallest absolute Gasteiger partial charge is 0.0812 e. The van der Waals surface area contributed by atoms with E-state index in [9.17, 15) is 5.11 Å². The third-order valence-corrected chi connectivity index (χ3v) is 4.81. The number of rotatable bonds is 1. The van der Waals surface area contributed by atoms with E-state index < -0.39 is 0 Å². The molecule has 0 spiro atoms. The highest BCUT2D eigenvalue weighted by Crippen LogP contribution is 2.42. The van der Waals surface area contributed by atoms with Gasteiger partial charge in [0.1, 0.15) is 0 Å². The number of halogens is 1. The second-order valence-electron chi connectivity index (χ2n) is 6.56. The zero-order valence-electron chi connectivity index (χ0n) is 12.2. The van der Waals surface area contributed by atoms with Crippen molar-refractivity contribution in [1.29, 1.82) is 0 Å². The van der Waals surface area contributed by atoms with Crippen molar-refractivity contribution in [2.45, 2.75) is 39.7 Å². The number of aryl methyl sites for hydroxylation is 1. The van der Waals surface area contributed by atoms with Gasteiger partial charge in [-0.2, -0.15) is 0 Å². The van der Waals surface area contributed by atoms with Crippen LogP contribution in [0.25, 0.3) is 5.69 Å². The second-order valence-corrected chi connectivity index (χ2v) is 7.81. The fourth-order valence-corrected chi connectivity index (χ4v) is 3.84. The van der Waals surface area contributed by atoms with Crippen LogP contribution in [0.15, 0.2) is 30.3 Å². The number of aromatic nitrogens is 1. The van der Waals surface area contributed by atoms with Gasteiger partial charge in [-0.05, 0) is 72.0 Å². The molecule has 1 heterocycles. The van der Waals surface area contributed by atoms with Gasteiger partial charge < -0.3 is 9.67 Å². The van der Waals surface area contributed by atoms with Crippen LogP contribution >= 0.6 is 22.6 Å². The van der Waals surface area contributed by atoms with Gasteiger partial charge in [0.2, 0.25) is 0 Å². The molecule has 3 rings (SSSR count). The molecule has 0 saturated carbocycles. The molecule has 106 valence electrons. The Morgan fingerprint density at radius 2 is 2.05 bits per heavy atom. The molecule has 0 aliphatic heterocycles. The lowest BCUT2D eigenvalue weighted by Gasteiger charge is -2.34. The highest BCUT2D eigenvalue weighted by Gasteiger charge is 2.34. The van der Waals surface area contributed by atoms with E-state index in [1.165, 1.54) is 20.6 Å². The summed E-state index contributed by atoms with van der Waals surface area (Å²) < 4.78 is 3.54. The molecule has 0 bridgehead atoms. The van der Waals surface area contributed by atoms with Gasteiger partial charge in [0.25, 0.3) is 0 Å². The van der Waals surface area contributed by atoms with E-state index in [0.717, 1.165) is 18.4 Å². The Balaban J connectivity index is 2.19. The number of benzene rings is 1. The molecule has 1 aliphatic carbocycles. The van der Waals surface area contributed by atoms with Crippen LogP contribution in [0, 0.1) is 15.9 Å². The van der Waals surface area contributed by atoms with Gasteiger partial charge in [0.15, 0.2) is 0 Å². The average Bonchev–Trinajstić information content (AvgIpc) is 2.64. The summed E-state index contributed by atoms with van der Waals surface area (Å²) in [6.07, 6.45) is 1.52. The number of aliphatic hydroxyl groups excluding tert-OH is 1. The minimum absolute atomic E-state index is 0.150. The molecule has 2 aromatic rings. The summed E-state index contributed by atoms with van der Waals surface area (Å²) in [7, 11) is 0. The van der Waals surface area contributed by atoms with Gasteiger partial charge in [-0.1, -0.05) is 19.9 Å². The summed E-state index contributed by atoms with van der Waals surface area (Å²) in [5.74, 6) is 0. The first-order chi connectivity index (χ1) is 9.37. The average molecular weight is 381 g/mol. The SMILES string of the molecule is Cc1cc2c(n1-c1cccc(I)c1)CC(C)(C)CC2O. The molecule has 1 aromatic heterocycles. The fourth-order valence-electron chi connectivity index (χ4n) is 3.32. The molecular weight excluding hydrogens is 361 g/mol. The molecule has 1 aliphatic rings. The first-order valence-electron chi connectivity index (χ1n) is 7.02. The Kier molecular flexibility index (Phi) is 3.45. The van der Waals surface area contributed by atoms with E-state index in [-0.39, 0.29) is 11.5 Å². The van der Waals surface area contributed by atoms with Crippen LogP contribution in [0.5, 0.6) is 0 Å². The second kappa shape index (κ2) is 4.88. The van der Waals surface area contributed by atoms with Gasteiger partial charge in [-0.25, -0.2) is 0 Å². The molecule has 1 N–H and O–H groups in total. The minimum Gasteiger partial charge on any atom is -0.388 e. The van der Waals surface area contributed by atoms with Crippen molar-refractivity contribution in [3.63, 3.8) is 0 Å². The normalized spacial score (nSPS) is 20.8. The third-order valence-electron chi connectivity index (χ3n) is 4.14. The highest BCUT2D eigenvalue weighted by atomic mass is 127. The Labute approximate surface area is 134 Å². The van der Waals surface area contributed by atoms with Crippen LogP contribution < -0.4 is 0 Å². The number of hydrogen-bond donors (Lipinski definition) is 1. The summed E-state index contributed by atoms with van der Waals surface area (Å²) in [4.78, 5) is 0. The van der Waals surface area contributed by atoms with Crippen molar-refractivity contribution in [2.24, 2.45) is 5.41 Å². The van der Waals surface area contributed by atoms with E-state index in [1.807, 2.05) is 0 Å². The highest BCUT2D eigenvalue weighted by molar-refractivity contribution is 14.1. The molecule has 3 heteroatoms. The first-order valence-corrected chi connectivity index (χ1v) is 8.10. The van der Waals surface area contributed by atoms with E-state index in [1.54, 1.807) is 0 Å². The van der Waals surface area contributed by atoms with Crippen molar-refractivity contribution in [3.8, 4) is 5.69 Å². The maximum absolute atomic E-state index is 10.4. The minimum atomic E-state index is -0.337. The van der Waals surface area contributed by atoms with Crippen LogP contribution in [0.3, 0.4) is 0 Å². The summed E-state index contributed by atoms with van der Waals surface area (Å²) in [5, 5.41) is 10.4. The standard InChI is InChI=1S/C17H20INO/c1-11-7-14-15(9-17(2,3)10-16(14)20)19(11)13-6-4-5-12(18)8-13/h4-8,16,20H,9-10H2,1-3H3. The molecule has 0 saturated heterocycles. The van der Waals surface area contributed by atoms with E-state index in [2.05, 4.69) is 78.3 Å². The van der Waals surface area contributed by atoms with Gasteiger partial charge in [0.05, 0.1) is 6.10 Å². The fraction of sp³-hybridized carbons (Fsp3) is 0.412. The Hall–Kier alpha value is -0.810. The zero-order chi connectivity index (χ0) is 14.5. The van der Waals surface area contributed by atoms with Crippen LogP contribution in [0.1, 0.15) is 43.3 Å². The summed E-state index contributed by atoms with van der Waals surface area (Å²) in [5.41, 5.74) is 4.93. The van der Waals surface area contributed by atoms with Crippen molar-refractivity contribution >= 4 is 22.6 Å². The third kappa shape index (κ3) is 2.42. The number of fused-ring (bicyclic) bond motifs is 1. The summed E-state index contributed by atoms with van der Waals surface area (Å²) >= 11 is 2.35. The predicted molar refractivity (Wildman–Crippen MR) is 90.3 cm³/mol. The van der Waals surface area contributed by atoms with Gasteiger partial charge in [0, 0.05) is 26.2 Å². The van der Waals surface area contributed by atoms with Crippen molar-refractivity contribution in [1.82, 2.24) is 4.57 Å². The van der Waals surface area contributed by atoms with Crippen LogP contribution in [-0.4, -0.2) is 9.67 Å².